The molecule has 0 fully saturated rings. The van der Waals surface area contributed by atoms with Crippen LogP contribution in [0.3, 0.4) is 0 Å². The number of anilines is 2. The van der Waals surface area contributed by atoms with E-state index in [1.54, 1.807) is 24.3 Å². The zero-order valence-electron chi connectivity index (χ0n) is 17.4. The molecule has 0 radical (unpaired) electrons. The lowest BCUT2D eigenvalue weighted by molar-refractivity contribution is 0.247. The molecule has 2 aliphatic rings. The fourth-order valence-electron chi connectivity index (χ4n) is 4.34. The second-order valence-electron chi connectivity index (χ2n) is 7.89. The average molecular weight is 503 g/mol. The van der Waals surface area contributed by atoms with E-state index in [0.29, 0.717) is 32.0 Å². The van der Waals surface area contributed by atoms with Crippen molar-refractivity contribution < 1.29 is 9.18 Å². The molecule has 0 aliphatic carbocycles. The Morgan fingerprint density at radius 2 is 1.73 bits per heavy atom. The van der Waals surface area contributed by atoms with Gasteiger partial charge in [0.2, 0.25) is 0 Å². The second-order valence-corrected chi connectivity index (χ2v) is 9.12. The van der Waals surface area contributed by atoms with Gasteiger partial charge in [-0.15, -0.1) is 0 Å². The van der Waals surface area contributed by atoms with Crippen molar-refractivity contribution in [1.82, 2.24) is 10.6 Å². The number of carbonyl (C=O) groups excluding carboxylic acids is 1. The van der Waals surface area contributed by atoms with Crippen LogP contribution in [-0.4, -0.2) is 19.1 Å². The van der Waals surface area contributed by atoms with Crippen molar-refractivity contribution >= 4 is 57.8 Å². The summed E-state index contributed by atoms with van der Waals surface area (Å²) in [5.41, 5.74) is 5.55. The number of nitrogens with one attached hydrogen (secondary N) is 2. The molecule has 2 heterocycles. The third kappa shape index (κ3) is 4.11. The second kappa shape index (κ2) is 8.99. The Morgan fingerprint density at radius 3 is 2.42 bits per heavy atom. The van der Waals surface area contributed by atoms with E-state index in [9.17, 15) is 9.18 Å². The Kier molecular flexibility index (Phi) is 6.06. The summed E-state index contributed by atoms with van der Waals surface area (Å²) < 4.78 is 13.8. The van der Waals surface area contributed by atoms with Crippen LogP contribution >= 0.6 is 34.8 Å². The Labute approximate surface area is 205 Å². The van der Waals surface area contributed by atoms with E-state index in [4.69, 9.17) is 34.8 Å². The zero-order chi connectivity index (χ0) is 23.1. The predicted molar refractivity (Wildman–Crippen MR) is 133 cm³/mol. The number of amides is 2. The Morgan fingerprint density at radius 1 is 0.939 bits per heavy atom. The van der Waals surface area contributed by atoms with Crippen molar-refractivity contribution in [2.24, 2.45) is 0 Å². The summed E-state index contributed by atoms with van der Waals surface area (Å²) >= 11 is 19.5. The molecule has 2 amide bonds. The minimum Gasteiger partial charge on any atom is -0.333 e. The molecule has 33 heavy (non-hydrogen) atoms. The summed E-state index contributed by atoms with van der Waals surface area (Å²) in [4.78, 5) is 14.6. The van der Waals surface area contributed by atoms with Crippen molar-refractivity contribution in [3.05, 3.63) is 86.6 Å². The van der Waals surface area contributed by atoms with Gasteiger partial charge < -0.3 is 10.6 Å². The van der Waals surface area contributed by atoms with Gasteiger partial charge in [-0.2, -0.15) is 0 Å². The molecule has 2 N–H and O–H groups in total. The molecule has 0 bridgehead atoms. The van der Waals surface area contributed by atoms with Crippen molar-refractivity contribution in [1.29, 1.82) is 0 Å². The summed E-state index contributed by atoms with van der Waals surface area (Å²) in [5.74, 6) is -0.410. The molecule has 3 aromatic rings. The molecule has 168 valence electrons. The topological polar surface area (TPSA) is 44.4 Å². The van der Waals surface area contributed by atoms with Gasteiger partial charge in [-0.3, -0.25) is 4.90 Å². The molecular weight excluding hydrogens is 484 g/mol. The molecule has 0 aromatic heterocycles. The molecule has 4 nitrogen and oxygen atoms in total. The smallest absolute Gasteiger partial charge is 0.326 e. The SMILES string of the molecule is O=C1NCc2c(-c3ccc(F)cc3Cl)cc(C3=CCNCC3)cc2N1c1c(Cl)cccc1Cl. The van der Waals surface area contributed by atoms with Crippen molar-refractivity contribution in [2.75, 3.05) is 18.0 Å². The lowest BCUT2D eigenvalue weighted by Crippen LogP contribution is -2.41. The number of carbonyl (C=O) groups is 1. The molecule has 0 saturated carbocycles. The molecule has 0 atom stereocenters. The first-order valence-electron chi connectivity index (χ1n) is 10.5. The summed E-state index contributed by atoms with van der Waals surface area (Å²) in [7, 11) is 0. The number of para-hydroxylation sites is 1. The van der Waals surface area contributed by atoms with E-state index >= 15 is 0 Å². The third-order valence-electron chi connectivity index (χ3n) is 5.90. The van der Waals surface area contributed by atoms with Crippen LogP contribution in [0.15, 0.2) is 54.6 Å². The third-order valence-corrected chi connectivity index (χ3v) is 6.83. The maximum absolute atomic E-state index is 13.8. The monoisotopic (exact) mass is 501 g/mol. The van der Waals surface area contributed by atoms with Gasteiger partial charge in [0.05, 0.1) is 26.4 Å². The van der Waals surface area contributed by atoms with Gasteiger partial charge in [-0.05, 0) is 72.1 Å². The zero-order valence-corrected chi connectivity index (χ0v) is 19.7. The highest BCUT2D eigenvalue weighted by Gasteiger charge is 2.31. The maximum Gasteiger partial charge on any atom is 0.326 e. The first-order valence-corrected chi connectivity index (χ1v) is 11.6. The van der Waals surface area contributed by atoms with Gasteiger partial charge in [0.25, 0.3) is 0 Å². The van der Waals surface area contributed by atoms with Crippen LogP contribution in [0.2, 0.25) is 15.1 Å². The quantitative estimate of drug-likeness (QED) is 0.398. The number of hydrogen-bond acceptors (Lipinski definition) is 2. The average Bonchev–Trinajstić information content (AvgIpc) is 2.80. The highest BCUT2D eigenvalue weighted by atomic mass is 35.5. The Bertz CT molecular complexity index is 1290. The van der Waals surface area contributed by atoms with E-state index < -0.39 is 5.82 Å². The lowest BCUT2D eigenvalue weighted by atomic mass is 9.90. The standard InChI is InChI=1S/C25H19Cl3FN3O/c26-20-2-1-3-21(27)24(20)32-23-11-15(14-6-8-30-9-7-14)10-18(19(23)13-31-25(32)33)17-5-4-16(29)12-22(17)28/h1-6,10-12,30H,7-9,13H2,(H,31,33). The van der Waals surface area contributed by atoms with Crippen LogP contribution in [-0.2, 0) is 6.54 Å². The normalized spacial score (nSPS) is 15.7. The summed E-state index contributed by atoms with van der Waals surface area (Å²) in [6.45, 7) is 1.91. The number of urea groups is 1. The Hall–Kier alpha value is -2.57. The fourth-order valence-corrected chi connectivity index (χ4v) is 5.17. The van der Waals surface area contributed by atoms with Crippen LogP contribution in [0.5, 0.6) is 0 Å². The number of benzene rings is 3. The molecular formula is C25H19Cl3FN3O. The van der Waals surface area contributed by atoms with E-state index in [1.165, 1.54) is 17.0 Å². The number of nitrogens with zero attached hydrogens (tertiary/aromatic N) is 1. The number of halogens is 4. The van der Waals surface area contributed by atoms with Crippen LogP contribution in [0.4, 0.5) is 20.6 Å². The number of hydrogen-bond donors (Lipinski definition) is 2. The Balaban J connectivity index is 1.80. The summed E-state index contributed by atoms with van der Waals surface area (Å²) in [6, 6.07) is 13.2. The molecule has 3 aromatic carbocycles. The molecule has 0 saturated heterocycles. The fraction of sp³-hybridized carbons (Fsp3) is 0.160. The van der Waals surface area contributed by atoms with E-state index in [0.717, 1.165) is 41.8 Å². The van der Waals surface area contributed by atoms with Crippen LogP contribution in [0, 0.1) is 5.82 Å². The van der Waals surface area contributed by atoms with Gasteiger partial charge in [-0.1, -0.05) is 46.9 Å². The predicted octanol–water partition coefficient (Wildman–Crippen LogP) is 7.19. The minimum absolute atomic E-state index is 0.288. The van der Waals surface area contributed by atoms with E-state index in [1.807, 2.05) is 6.07 Å². The van der Waals surface area contributed by atoms with E-state index in [2.05, 4.69) is 22.8 Å². The highest BCUT2D eigenvalue weighted by Crippen LogP contribution is 2.45. The van der Waals surface area contributed by atoms with Crippen molar-refractivity contribution in [2.45, 2.75) is 13.0 Å². The van der Waals surface area contributed by atoms with Gasteiger partial charge in [0.1, 0.15) is 5.82 Å². The number of rotatable bonds is 3. The van der Waals surface area contributed by atoms with Gasteiger partial charge in [-0.25, -0.2) is 9.18 Å². The molecule has 2 aliphatic heterocycles. The molecule has 0 spiro atoms. The molecule has 8 heteroatoms. The van der Waals surface area contributed by atoms with Crippen LogP contribution < -0.4 is 15.5 Å². The van der Waals surface area contributed by atoms with Gasteiger partial charge in [0.15, 0.2) is 0 Å². The minimum atomic E-state index is -0.410. The molecule has 5 rings (SSSR count). The first kappa shape index (κ1) is 22.2. The van der Waals surface area contributed by atoms with Crippen LogP contribution in [0.25, 0.3) is 16.7 Å². The first-order chi connectivity index (χ1) is 15.9. The van der Waals surface area contributed by atoms with Crippen molar-refractivity contribution in [3.63, 3.8) is 0 Å². The van der Waals surface area contributed by atoms with Crippen LogP contribution in [0.1, 0.15) is 17.5 Å². The number of fused-ring (bicyclic) bond motifs is 1. The van der Waals surface area contributed by atoms with E-state index in [-0.39, 0.29) is 12.6 Å². The summed E-state index contributed by atoms with van der Waals surface area (Å²) in [5, 5.41) is 7.24. The maximum atomic E-state index is 13.8. The highest BCUT2D eigenvalue weighted by molar-refractivity contribution is 6.40. The lowest BCUT2D eigenvalue weighted by Gasteiger charge is -2.33. The largest absolute Gasteiger partial charge is 0.333 e. The summed E-state index contributed by atoms with van der Waals surface area (Å²) in [6.07, 6.45) is 2.98. The van der Waals surface area contributed by atoms with Gasteiger partial charge in [0, 0.05) is 24.2 Å². The van der Waals surface area contributed by atoms with Gasteiger partial charge >= 0.3 is 6.03 Å². The molecule has 0 unspecified atom stereocenters. The van der Waals surface area contributed by atoms with Crippen molar-refractivity contribution in [3.8, 4) is 11.1 Å².